The summed E-state index contributed by atoms with van der Waals surface area (Å²) < 4.78 is 6.97. The molecule has 4 heteroatoms. The van der Waals surface area contributed by atoms with Crippen molar-refractivity contribution < 1.29 is 9.53 Å². The van der Waals surface area contributed by atoms with Crippen molar-refractivity contribution >= 4 is 17.3 Å². The standard InChI is InChI=1S/C14H17NO2S/c1-3-11-7-8-12(18-11)10-15-9-5-6-13(15)14(16)17-4-2/h5-9H,3-4,10H2,1-2H3. The number of hydrogen-bond acceptors (Lipinski definition) is 3. The number of rotatable bonds is 5. The molecule has 0 bridgehead atoms. The molecule has 18 heavy (non-hydrogen) atoms. The first kappa shape index (κ1) is 12.9. The second-order valence-corrected chi connectivity index (χ2v) is 5.22. The first-order chi connectivity index (χ1) is 8.74. The van der Waals surface area contributed by atoms with E-state index in [0.29, 0.717) is 12.3 Å². The molecule has 0 spiro atoms. The fourth-order valence-corrected chi connectivity index (χ4v) is 2.76. The van der Waals surface area contributed by atoms with Gasteiger partial charge in [-0.3, -0.25) is 0 Å². The van der Waals surface area contributed by atoms with Crippen LogP contribution in [0.5, 0.6) is 0 Å². The summed E-state index contributed by atoms with van der Waals surface area (Å²) in [5, 5.41) is 0. The minimum Gasteiger partial charge on any atom is -0.461 e. The summed E-state index contributed by atoms with van der Waals surface area (Å²) in [5.74, 6) is -0.255. The zero-order chi connectivity index (χ0) is 13.0. The van der Waals surface area contributed by atoms with Crippen molar-refractivity contribution in [3.8, 4) is 0 Å². The summed E-state index contributed by atoms with van der Waals surface area (Å²) in [6.07, 6.45) is 2.97. The van der Waals surface area contributed by atoms with Crippen LogP contribution in [0.15, 0.2) is 30.5 Å². The van der Waals surface area contributed by atoms with Crippen LogP contribution in [-0.4, -0.2) is 17.1 Å². The van der Waals surface area contributed by atoms with Crippen molar-refractivity contribution in [2.24, 2.45) is 0 Å². The molecule has 2 aromatic rings. The molecule has 3 nitrogen and oxygen atoms in total. The third-order valence-corrected chi connectivity index (χ3v) is 3.92. The van der Waals surface area contributed by atoms with E-state index in [1.54, 1.807) is 17.4 Å². The van der Waals surface area contributed by atoms with Crippen molar-refractivity contribution in [2.45, 2.75) is 26.8 Å². The Labute approximate surface area is 111 Å². The van der Waals surface area contributed by atoms with E-state index in [0.717, 1.165) is 13.0 Å². The van der Waals surface area contributed by atoms with Gasteiger partial charge in [0.1, 0.15) is 5.69 Å². The zero-order valence-corrected chi connectivity index (χ0v) is 11.5. The zero-order valence-electron chi connectivity index (χ0n) is 10.7. The van der Waals surface area contributed by atoms with Gasteiger partial charge in [-0.25, -0.2) is 4.79 Å². The van der Waals surface area contributed by atoms with Crippen LogP contribution in [0.2, 0.25) is 0 Å². The molecule has 0 aliphatic rings. The Balaban J connectivity index is 2.14. The summed E-state index contributed by atoms with van der Waals surface area (Å²) in [7, 11) is 0. The quantitative estimate of drug-likeness (QED) is 0.775. The van der Waals surface area contributed by atoms with E-state index in [-0.39, 0.29) is 5.97 Å². The van der Waals surface area contributed by atoms with E-state index in [1.165, 1.54) is 9.75 Å². The van der Waals surface area contributed by atoms with E-state index < -0.39 is 0 Å². The van der Waals surface area contributed by atoms with Gasteiger partial charge in [-0.1, -0.05) is 6.92 Å². The van der Waals surface area contributed by atoms with Gasteiger partial charge >= 0.3 is 5.97 Å². The van der Waals surface area contributed by atoms with Crippen LogP contribution in [0.25, 0.3) is 0 Å². The molecule has 0 aliphatic heterocycles. The van der Waals surface area contributed by atoms with Crippen LogP contribution >= 0.6 is 11.3 Å². The molecule has 0 aliphatic carbocycles. The Morgan fingerprint density at radius 1 is 1.28 bits per heavy atom. The molecule has 0 saturated heterocycles. The third-order valence-electron chi connectivity index (χ3n) is 2.71. The van der Waals surface area contributed by atoms with Crippen LogP contribution in [0, 0.1) is 0 Å². The minimum absolute atomic E-state index is 0.255. The van der Waals surface area contributed by atoms with Crippen molar-refractivity contribution in [1.29, 1.82) is 0 Å². The van der Waals surface area contributed by atoms with E-state index in [9.17, 15) is 4.79 Å². The average molecular weight is 263 g/mol. The number of hydrogen-bond donors (Lipinski definition) is 0. The summed E-state index contributed by atoms with van der Waals surface area (Å²) in [6, 6.07) is 7.94. The summed E-state index contributed by atoms with van der Waals surface area (Å²) in [6.45, 7) is 5.10. The van der Waals surface area contributed by atoms with Crippen LogP contribution < -0.4 is 0 Å². The maximum absolute atomic E-state index is 11.7. The number of ether oxygens (including phenoxy) is 1. The van der Waals surface area contributed by atoms with Gasteiger partial charge < -0.3 is 9.30 Å². The monoisotopic (exact) mass is 263 g/mol. The molecule has 0 radical (unpaired) electrons. The van der Waals surface area contributed by atoms with Crippen LogP contribution in [0.3, 0.4) is 0 Å². The predicted octanol–water partition coefficient (Wildman–Crippen LogP) is 3.34. The SMILES string of the molecule is CCOC(=O)c1cccn1Cc1ccc(CC)s1. The second-order valence-electron chi connectivity index (χ2n) is 3.96. The van der Waals surface area contributed by atoms with Crippen molar-refractivity contribution in [2.75, 3.05) is 6.61 Å². The molecule has 0 N–H and O–H groups in total. The summed E-state index contributed by atoms with van der Waals surface area (Å²) in [4.78, 5) is 14.4. The third kappa shape index (κ3) is 2.82. The Morgan fingerprint density at radius 3 is 2.72 bits per heavy atom. The normalized spacial score (nSPS) is 10.6. The predicted molar refractivity (Wildman–Crippen MR) is 73.2 cm³/mol. The lowest BCUT2D eigenvalue weighted by molar-refractivity contribution is 0.0514. The van der Waals surface area contributed by atoms with E-state index in [2.05, 4.69) is 19.1 Å². The molecule has 0 unspecified atom stereocenters. The molecule has 0 fully saturated rings. The average Bonchev–Trinajstić information content (AvgIpc) is 2.99. The fourth-order valence-electron chi connectivity index (χ4n) is 1.81. The maximum Gasteiger partial charge on any atom is 0.354 e. The van der Waals surface area contributed by atoms with Gasteiger partial charge in [-0.2, -0.15) is 0 Å². The number of carbonyl (C=O) groups excluding carboxylic acids is 1. The molecule has 2 aromatic heterocycles. The van der Waals surface area contributed by atoms with E-state index in [4.69, 9.17) is 4.74 Å². The Kier molecular flexibility index (Phi) is 4.20. The Hall–Kier alpha value is -1.55. The lowest BCUT2D eigenvalue weighted by atomic mass is 10.3. The first-order valence-corrected chi connectivity index (χ1v) is 6.96. The highest BCUT2D eigenvalue weighted by atomic mass is 32.1. The second kappa shape index (κ2) is 5.87. The number of esters is 1. The summed E-state index contributed by atoms with van der Waals surface area (Å²) in [5.41, 5.74) is 0.614. The molecule has 0 atom stereocenters. The van der Waals surface area contributed by atoms with Gasteiger partial charge in [-0.15, -0.1) is 11.3 Å². The molecule has 2 heterocycles. The maximum atomic E-state index is 11.7. The molecule has 2 rings (SSSR count). The number of aromatic nitrogens is 1. The fraction of sp³-hybridized carbons (Fsp3) is 0.357. The van der Waals surface area contributed by atoms with Crippen LogP contribution in [0.1, 0.15) is 34.1 Å². The number of nitrogens with zero attached hydrogens (tertiary/aromatic N) is 1. The van der Waals surface area contributed by atoms with Gasteiger partial charge in [0, 0.05) is 16.0 Å². The molecular weight excluding hydrogens is 246 g/mol. The Morgan fingerprint density at radius 2 is 2.06 bits per heavy atom. The molecule has 96 valence electrons. The van der Waals surface area contributed by atoms with Gasteiger partial charge in [-0.05, 0) is 37.6 Å². The topological polar surface area (TPSA) is 31.2 Å². The van der Waals surface area contributed by atoms with Gasteiger partial charge in [0.25, 0.3) is 0 Å². The number of thiophene rings is 1. The van der Waals surface area contributed by atoms with Crippen LogP contribution in [-0.2, 0) is 17.7 Å². The number of aryl methyl sites for hydroxylation is 1. The van der Waals surface area contributed by atoms with Crippen molar-refractivity contribution in [3.05, 3.63) is 45.9 Å². The van der Waals surface area contributed by atoms with E-state index in [1.807, 2.05) is 23.8 Å². The summed E-state index contributed by atoms with van der Waals surface area (Å²) >= 11 is 1.79. The van der Waals surface area contributed by atoms with Gasteiger partial charge in [0.05, 0.1) is 13.2 Å². The lowest BCUT2D eigenvalue weighted by Gasteiger charge is -2.07. The van der Waals surface area contributed by atoms with Crippen LogP contribution in [0.4, 0.5) is 0 Å². The molecule has 0 aromatic carbocycles. The van der Waals surface area contributed by atoms with Crippen molar-refractivity contribution in [3.63, 3.8) is 0 Å². The largest absolute Gasteiger partial charge is 0.461 e. The van der Waals surface area contributed by atoms with Gasteiger partial charge in [0.15, 0.2) is 0 Å². The lowest BCUT2D eigenvalue weighted by Crippen LogP contribution is -2.11. The smallest absolute Gasteiger partial charge is 0.354 e. The van der Waals surface area contributed by atoms with Gasteiger partial charge in [0.2, 0.25) is 0 Å². The molecular formula is C14H17NO2S. The first-order valence-electron chi connectivity index (χ1n) is 6.14. The van der Waals surface area contributed by atoms with Crippen molar-refractivity contribution in [1.82, 2.24) is 4.57 Å². The highest BCUT2D eigenvalue weighted by molar-refractivity contribution is 7.11. The molecule has 0 amide bonds. The number of carbonyl (C=O) groups is 1. The van der Waals surface area contributed by atoms with E-state index >= 15 is 0 Å². The highest BCUT2D eigenvalue weighted by Crippen LogP contribution is 2.19. The highest BCUT2D eigenvalue weighted by Gasteiger charge is 2.12. The molecule has 0 saturated carbocycles. The minimum atomic E-state index is -0.255. The Bertz CT molecular complexity index is 527.